The van der Waals surface area contributed by atoms with Crippen LogP contribution >= 0.6 is 11.3 Å². The normalized spacial score (nSPS) is 17.3. The van der Waals surface area contributed by atoms with E-state index in [1.165, 1.54) is 17.4 Å². The average Bonchev–Trinajstić information content (AvgIpc) is 3.18. The summed E-state index contributed by atoms with van der Waals surface area (Å²) in [4.78, 5) is 22.9. The fourth-order valence-electron chi connectivity index (χ4n) is 2.55. The number of hydrogen-bond donors (Lipinski definition) is 2. The Bertz CT molecular complexity index is 692. The third kappa shape index (κ3) is 3.58. The van der Waals surface area contributed by atoms with Gasteiger partial charge in [-0.2, -0.15) is 0 Å². The molecule has 3 rings (SSSR count). The molecule has 1 atom stereocenters. The first-order valence-corrected chi connectivity index (χ1v) is 8.35. The lowest BCUT2D eigenvalue weighted by atomic mass is 10.2. The van der Waals surface area contributed by atoms with Crippen LogP contribution in [0, 0.1) is 5.82 Å². The fourth-order valence-corrected chi connectivity index (χ4v) is 3.34. The molecule has 0 bridgehead atoms. The number of anilines is 2. The monoisotopic (exact) mass is 335 g/mol. The highest BCUT2D eigenvalue weighted by Gasteiger charge is 2.27. The number of hydrogen-bond acceptors (Lipinski definition) is 6. The smallest absolute Gasteiger partial charge is 0.263 e. The van der Waals surface area contributed by atoms with Gasteiger partial charge in [-0.1, -0.05) is 11.3 Å². The number of nitrogens with zero attached hydrogens (tertiary/aromatic N) is 3. The molecule has 1 amide bonds. The van der Waals surface area contributed by atoms with Crippen molar-refractivity contribution in [1.82, 2.24) is 15.3 Å². The van der Waals surface area contributed by atoms with Crippen molar-refractivity contribution in [3.8, 4) is 0 Å². The maximum Gasteiger partial charge on any atom is 0.263 e. The van der Waals surface area contributed by atoms with Gasteiger partial charge in [0.15, 0.2) is 16.8 Å². The van der Waals surface area contributed by atoms with E-state index < -0.39 is 0 Å². The summed E-state index contributed by atoms with van der Waals surface area (Å²) in [6.45, 7) is 3.97. The molecule has 0 radical (unpaired) electrons. The first kappa shape index (κ1) is 15.7. The third-order valence-corrected chi connectivity index (χ3v) is 4.57. The summed E-state index contributed by atoms with van der Waals surface area (Å²) in [7, 11) is 0. The third-order valence-electron chi connectivity index (χ3n) is 3.62. The largest absolute Gasteiger partial charge is 0.362 e. The van der Waals surface area contributed by atoms with Crippen LogP contribution in [0.2, 0.25) is 0 Å². The first-order valence-electron chi connectivity index (χ1n) is 7.53. The standard InChI is InChI=1S/C15H18FN5OS/c1-2-17-15-19-8-12(23-15)14(22)20-10-5-7-21(9-10)13-11(16)4-3-6-18-13/h3-4,6,8,10H,2,5,7,9H2,1H3,(H,17,19)(H,20,22). The van der Waals surface area contributed by atoms with Crippen molar-refractivity contribution in [2.24, 2.45) is 0 Å². The van der Waals surface area contributed by atoms with Gasteiger partial charge in [0.05, 0.1) is 6.20 Å². The van der Waals surface area contributed by atoms with Crippen LogP contribution in [-0.2, 0) is 0 Å². The lowest BCUT2D eigenvalue weighted by Crippen LogP contribution is -2.37. The van der Waals surface area contributed by atoms with Gasteiger partial charge in [0.2, 0.25) is 0 Å². The quantitative estimate of drug-likeness (QED) is 0.876. The summed E-state index contributed by atoms with van der Waals surface area (Å²) in [5.74, 6) is -0.131. The fraction of sp³-hybridized carbons (Fsp3) is 0.400. The molecule has 1 unspecified atom stereocenters. The molecular weight excluding hydrogens is 317 g/mol. The molecule has 0 saturated carbocycles. The number of nitrogens with one attached hydrogen (secondary N) is 2. The topological polar surface area (TPSA) is 70.2 Å². The Morgan fingerprint density at radius 2 is 2.39 bits per heavy atom. The van der Waals surface area contributed by atoms with Crippen LogP contribution in [0.1, 0.15) is 23.0 Å². The van der Waals surface area contributed by atoms with E-state index in [0.29, 0.717) is 23.8 Å². The highest BCUT2D eigenvalue weighted by Crippen LogP contribution is 2.22. The zero-order valence-corrected chi connectivity index (χ0v) is 13.6. The number of carbonyl (C=O) groups is 1. The Hall–Kier alpha value is -2.22. The lowest BCUT2D eigenvalue weighted by Gasteiger charge is -2.18. The van der Waals surface area contributed by atoms with Crippen molar-refractivity contribution in [3.05, 3.63) is 35.2 Å². The summed E-state index contributed by atoms with van der Waals surface area (Å²) in [5.41, 5.74) is 0. The van der Waals surface area contributed by atoms with Gasteiger partial charge in [0.25, 0.3) is 5.91 Å². The van der Waals surface area contributed by atoms with Crippen molar-refractivity contribution in [3.63, 3.8) is 0 Å². The van der Waals surface area contributed by atoms with Crippen LogP contribution in [-0.4, -0.2) is 41.6 Å². The van der Waals surface area contributed by atoms with Gasteiger partial charge in [-0.15, -0.1) is 0 Å². The SMILES string of the molecule is CCNc1ncc(C(=O)NC2CCN(c3ncccc3F)C2)s1. The molecule has 0 aliphatic carbocycles. The van der Waals surface area contributed by atoms with Crippen molar-refractivity contribution in [2.75, 3.05) is 29.9 Å². The molecule has 2 aromatic heterocycles. The molecule has 6 nitrogen and oxygen atoms in total. The Kier molecular flexibility index (Phi) is 4.71. The maximum absolute atomic E-state index is 13.8. The van der Waals surface area contributed by atoms with Gasteiger partial charge in [0.1, 0.15) is 4.88 Å². The van der Waals surface area contributed by atoms with Crippen LogP contribution in [0.4, 0.5) is 15.3 Å². The number of rotatable bonds is 5. The molecule has 1 saturated heterocycles. The first-order chi connectivity index (χ1) is 11.2. The van der Waals surface area contributed by atoms with Gasteiger partial charge in [-0.05, 0) is 25.5 Å². The van der Waals surface area contributed by atoms with Gasteiger partial charge >= 0.3 is 0 Å². The highest BCUT2D eigenvalue weighted by atomic mass is 32.1. The lowest BCUT2D eigenvalue weighted by molar-refractivity contribution is 0.0944. The van der Waals surface area contributed by atoms with Crippen molar-refractivity contribution in [1.29, 1.82) is 0 Å². The van der Waals surface area contributed by atoms with E-state index in [2.05, 4.69) is 20.6 Å². The highest BCUT2D eigenvalue weighted by molar-refractivity contribution is 7.17. The summed E-state index contributed by atoms with van der Waals surface area (Å²) in [5, 5.41) is 6.80. The Labute approximate surface area is 137 Å². The number of halogens is 1. The number of amides is 1. The van der Waals surface area contributed by atoms with Crippen molar-refractivity contribution < 1.29 is 9.18 Å². The Morgan fingerprint density at radius 3 is 3.17 bits per heavy atom. The number of carbonyl (C=O) groups excluding carboxylic acids is 1. The molecule has 1 aliphatic rings. The molecule has 3 heterocycles. The summed E-state index contributed by atoms with van der Waals surface area (Å²) >= 11 is 1.33. The summed E-state index contributed by atoms with van der Waals surface area (Å²) in [6, 6.07) is 2.95. The number of thiazole rings is 1. The Morgan fingerprint density at radius 1 is 1.52 bits per heavy atom. The zero-order chi connectivity index (χ0) is 16.2. The number of pyridine rings is 1. The molecule has 0 spiro atoms. The van der Waals surface area contributed by atoms with Gasteiger partial charge in [-0.3, -0.25) is 4.79 Å². The Balaban J connectivity index is 1.59. The number of aromatic nitrogens is 2. The second-order valence-corrected chi connectivity index (χ2v) is 6.30. The maximum atomic E-state index is 13.8. The molecule has 2 aromatic rings. The molecule has 122 valence electrons. The van der Waals surface area contributed by atoms with Crippen molar-refractivity contribution in [2.45, 2.75) is 19.4 Å². The molecule has 1 fully saturated rings. The minimum absolute atomic E-state index is 0.0198. The van der Waals surface area contributed by atoms with E-state index in [9.17, 15) is 9.18 Å². The van der Waals surface area contributed by atoms with Gasteiger partial charge < -0.3 is 15.5 Å². The zero-order valence-electron chi connectivity index (χ0n) is 12.8. The summed E-state index contributed by atoms with van der Waals surface area (Å²) in [6.07, 6.45) is 3.91. The van der Waals surface area contributed by atoms with Crippen LogP contribution in [0.25, 0.3) is 0 Å². The predicted octanol–water partition coefficient (Wildman–Crippen LogP) is 2.12. The van der Waals surface area contributed by atoms with E-state index in [4.69, 9.17) is 0 Å². The molecule has 2 N–H and O–H groups in total. The second kappa shape index (κ2) is 6.91. The van der Waals surface area contributed by atoms with Gasteiger partial charge in [-0.25, -0.2) is 14.4 Å². The molecule has 1 aliphatic heterocycles. The predicted molar refractivity (Wildman–Crippen MR) is 88.6 cm³/mol. The van der Waals surface area contributed by atoms with Crippen LogP contribution in [0.3, 0.4) is 0 Å². The van der Waals surface area contributed by atoms with Crippen molar-refractivity contribution >= 4 is 28.2 Å². The second-order valence-electron chi connectivity index (χ2n) is 5.27. The molecule has 8 heteroatoms. The van der Waals surface area contributed by atoms with E-state index in [1.807, 2.05) is 11.8 Å². The molecular formula is C15H18FN5OS. The van der Waals surface area contributed by atoms with E-state index in [-0.39, 0.29) is 17.8 Å². The van der Waals surface area contributed by atoms with Gasteiger partial charge in [0, 0.05) is 31.9 Å². The van der Waals surface area contributed by atoms with Crippen LogP contribution in [0.15, 0.2) is 24.5 Å². The summed E-state index contributed by atoms with van der Waals surface area (Å²) < 4.78 is 13.8. The molecule has 23 heavy (non-hydrogen) atoms. The van der Waals surface area contributed by atoms with Crippen LogP contribution < -0.4 is 15.5 Å². The van der Waals surface area contributed by atoms with E-state index in [1.54, 1.807) is 18.5 Å². The van der Waals surface area contributed by atoms with E-state index in [0.717, 1.165) is 18.1 Å². The molecule has 0 aromatic carbocycles. The van der Waals surface area contributed by atoms with Crippen LogP contribution in [0.5, 0.6) is 0 Å². The average molecular weight is 335 g/mol. The van der Waals surface area contributed by atoms with E-state index >= 15 is 0 Å². The minimum Gasteiger partial charge on any atom is -0.362 e. The minimum atomic E-state index is -0.336.